The van der Waals surface area contributed by atoms with Gasteiger partial charge in [0.1, 0.15) is 0 Å². The fourth-order valence-electron chi connectivity index (χ4n) is 1.74. The van der Waals surface area contributed by atoms with E-state index in [4.69, 9.17) is 0 Å². The van der Waals surface area contributed by atoms with Crippen molar-refractivity contribution in [2.75, 3.05) is 0 Å². The molecule has 0 aliphatic carbocycles. The highest BCUT2D eigenvalue weighted by Crippen LogP contribution is 2.25. The topological polar surface area (TPSA) is 0 Å². The average Bonchev–Trinajstić information content (AvgIpc) is 2.40. The normalized spacial score (nSPS) is 10.2. The van der Waals surface area contributed by atoms with Crippen molar-refractivity contribution in [2.24, 2.45) is 0 Å². The Kier molecular flexibility index (Phi) is 5.38. The van der Waals surface area contributed by atoms with Crippen LogP contribution in [0.15, 0.2) is 67.2 Å². The van der Waals surface area contributed by atoms with Crippen LogP contribution in [0.4, 0.5) is 0 Å². The summed E-state index contributed by atoms with van der Waals surface area (Å²) in [5.41, 5.74) is 2.81. The van der Waals surface area contributed by atoms with Crippen molar-refractivity contribution in [2.45, 2.75) is 26.2 Å². The van der Waals surface area contributed by atoms with E-state index in [1.54, 1.807) is 0 Å². The van der Waals surface area contributed by atoms with Gasteiger partial charge in [-0.1, -0.05) is 94.1 Å². The highest BCUT2D eigenvalue weighted by atomic mass is 14.2. The lowest BCUT2D eigenvalue weighted by Gasteiger charge is -2.21. The molecule has 2 aromatic carbocycles. The minimum Gasteiger partial charge on any atom is -0.0985 e. The van der Waals surface area contributed by atoms with Crippen LogP contribution in [0, 0.1) is 0 Å². The van der Waals surface area contributed by atoms with Gasteiger partial charge in [-0.15, -0.1) is 0 Å². The molecule has 0 amide bonds. The maximum atomic E-state index is 3.81. The first-order chi connectivity index (χ1) is 8.55. The predicted molar refractivity (Wildman–Crippen MR) is 81.7 cm³/mol. The van der Waals surface area contributed by atoms with E-state index in [2.05, 4.69) is 45.5 Å². The second-order valence-corrected chi connectivity index (χ2v) is 5.20. The van der Waals surface area contributed by atoms with Crippen LogP contribution in [0.2, 0.25) is 0 Å². The Balaban J connectivity index is 0.000000225. The van der Waals surface area contributed by atoms with Gasteiger partial charge in [0.15, 0.2) is 0 Å². The highest BCUT2D eigenvalue weighted by molar-refractivity contribution is 5.53. The third kappa shape index (κ3) is 4.58. The lowest BCUT2D eigenvalue weighted by Crippen LogP contribution is -2.12. The van der Waals surface area contributed by atoms with E-state index < -0.39 is 0 Å². The van der Waals surface area contributed by atoms with Gasteiger partial charge in [0.05, 0.1) is 0 Å². The van der Waals surface area contributed by atoms with Gasteiger partial charge in [0.2, 0.25) is 0 Å². The molecule has 0 N–H and O–H groups in total. The molecule has 0 heteroatoms. The fourth-order valence-corrected chi connectivity index (χ4v) is 1.74. The zero-order chi connectivity index (χ0) is 13.4. The van der Waals surface area contributed by atoms with E-state index in [9.17, 15) is 0 Å². The summed E-state index contributed by atoms with van der Waals surface area (Å²) in [6.45, 7) is 10.5. The lowest BCUT2D eigenvalue weighted by molar-refractivity contribution is 0.589. The second kappa shape index (κ2) is 6.80. The molecule has 0 atom stereocenters. The molecule has 0 bridgehead atoms. The molecule has 94 valence electrons. The molecule has 18 heavy (non-hydrogen) atoms. The van der Waals surface area contributed by atoms with Crippen LogP contribution in [0.5, 0.6) is 0 Å². The Bertz CT molecular complexity index is 434. The molecule has 2 aromatic rings. The molecule has 2 rings (SSSR count). The zero-order valence-electron chi connectivity index (χ0n) is 11.6. The minimum absolute atomic E-state index is 0.213. The van der Waals surface area contributed by atoms with Crippen molar-refractivity contribution >= 4 is 6.08 Å². The van der Waals surface area contributed by atoms with Gasteiger partial charge in [-0.2, -0.15) is 0 Å². The van der Waals surface area contributed by atoms with Crippen LogP contribution in [-0.2, 0) is 5.41 Å². The first-order valence-corrected chi connectivity index (χ1v) is 6.27. The predicted octanol–water partition coefficient (Wildman–Crippen LogP) is 5.31. The molecular formula is C18H22. The first-order valence-electron chi connectivity index (χ1n) is 6.27. The minimum atomic E-state index is 0.213. The Morgan fingerprint density at radius 2 is 1.22 bits per heavy atom. The standard InChI is InChI=1S/C12H16.C6H6/c1-5-10-8-6-7-9-11(10)12(2,3)4;1-2-4-6-5-3-1/h5-9H,1H2,2-4H3;1-6H. The molecule has 0 fully saturated rings. The Hall–Kier alpha value is -1.82. The van der Waals surface area contributed by atoms with E-state index >= 15 is 0 Å². The van der Waals surface area contributed by atoms with Crippen LogP contribution < -0.4 is 0 Å². The van der Waals surface area contributed by atoms with Crippen molar-refractivity contribution in [3.05, 3.63) is 78.4 Å². The summed E-state index contributed by atoms with van der Waals surface area (Å²) < 4.78 is 0. The molecule has 0 nitrogen and oxygen atoms in total. The highest BCUT2D eigenvalue weighted by Gasteiger charge is 2.15. The molecule has 0 aromatic heterocycles. The van der Waals surface area contributed by atoms with Crippen molar-refractivity contribution in [1.29, 1.82) is 0 Å². The van der Waals surface area contributed by atoms with Crippen LogP contribution in [0.25, 0.3) is 6.08 Å². The Morgan fingerprint density at radius 3 is 1.56 bits per heavy atom. The third-order valence-corrected chi connectivity index (χ3v) is 2.66. The molecule has 0 aliphatic heterocycles. The SMILES string of the molecule is C=Cc1ccccc1C(C)(C)C.c1ccccc1. The maximum absolute atomic E-state index is 3.81. The van der Waals surface area contributed by atoms with Gasteiger partial charge in [-0.3, -0.25) is 0 Å². The van der Waals surface area contributed by atoms with Crippen molar-refractivity contribution < 1.29 is 0 Å². The largest absolute Gasteiger partial charge is 0.0985 e. The van der Waals surface area contributed by atoms with Crippen molar-refractivity contribution in [3.63, 3.8) is 0 Å². The molecular weight excluding hydrogens is 216 g/mol. The van der Waals surface area contributed by atoms with Gasteiger partial charge < -0.3 is 0 Å². The van der Waals surface area contributed by atoms with Gasteiger partial charge in [0, 0.05) is 0 Å². The maximum Gasteiger partial charge on any atom is -0.0126 e. The van der Waals surface area contributed by atoms with Gasteiger partial charge in [-0.05, 0) is 16.5 Å². The molecule has 0 spiro atoms. The zero-order valence-corrected chi connectivity index (χ0v) is 11.6. The van der Waals surface area contributed by atoms with E-state index in [1.165, 1.54) is 11.1 Å². The number of hydrogen-bond donors (Lipinski definition) is 0. The van der Waals surface area contributed by atoms with Crippen LogP contribution in [0.1, 0.15) is 31.9 Å². The number of benzene rings is 2. The molecule has 0 radical (unpaired) electrons. The molecule has 0 saturated carbocycles. The quantitative estimate of drug-likeness (QED) is 0.631. The van der Waals surface area contributed by atoms with Crippen molar-refractivity contribution in [3.8, 4) is 0 Å². The number of hydrogen-bond acceptors (Lipinski definition) is 0. The number of rotatable bonds is 1. The lowest BCUT2D eigenvalue weighted by atomic mass is 9.84. The van der Waals surface area contributed by atoms with Gasteiger partial charge in [0.25, 0.3) is 0 Å². The fraction of sp³-hybridized carbons (Fsp3) is 0.222. The van der Waals surface area contributed by atoms with Crippen LogP contribution in [0.3, 0.4) is 0 Å². The van der Waals surface area contributed by atoms with E-state index in [0.29, 0.717) is 0 Å². The van der Waals surface area contributed by atoms with Crippen molar-refractivity contribution in [1.82, 2.24) is 0 Å². The molecule has 0 saturated heterocycles. The summed E-state index contributed by atoms with van der Waals surface area (Å²) in [7, 11) is 0. The Morgan fingerprint density at radius 1 is 0.778 bits per heavy atom. The summed E-state index contributed by atoms with van der Waals surface area (Å²) >= 11 is 0. The molecule has 0 unspecified atom stereocenters. The first kappa shape index (κ1) is 14.2. The molecule has 0 heterocycles. The molecule has 0 aliphatic rings. The van der Waals surface area contributed by atoms with E-state index in [1.807, 2.05) is 48.5 Å². The summed E-state index contributed by atoms with van der Waals surface area (Å²) in [5, 5.41) is 0. The summed E-state index contributed by atoms with van der Waals surface area (Å²) in [5.74, 6) is 0. The van der Waals surface area contributed by atoms with Crippen LogP contribution >= 0.6 is 0 Å². The summed E-state index contributed by atoms with van der Waals surface area (Å²) in [6, 6.07) is 20.4. The average molecular weight is 238 g/mol. The summed E-state index contributed by atoms with van der Waals surface area (Å²) in [6.07, 6.45) is 1.92. The Labute approximate surface area is 111 Å². The smallest absolute Gasteiger partial charge is 0.0126 e. The third-order valence-electron chi connectivity index (χ3n) is 2.66. The van der Waals surface area contributed by atoms with E-state index in [-0.39, 0.29) is 5.41 Å². The van der Waals surface area contributed by atoms with Gasteiger partial charge in [-0.25, -0.2) is 0 Å². The van der Waals surface area contributed by atoms with Gasteiger partial charge >= 0.3 is 0 Å². The monoisotopic (exact) mass is 238 g/mol. The summed E-state index contributed by atoms with van der Waals surface area (Å²) in [4.78, 5) is 0. The second-order valence-electron chi connectivity index (χ2n) is 5.20. The van der Waals surface area contributed by atoms with E-state index in [0.717, 1.165) is 0 Å². The van der Waals surface area contributed by atoms with Crippen LogP contribution in [-0.4, -0.2) is 0 Å².